The number of esters is 1. The Labute approximate surface area is 102 Å². The van der Waals surface area contributed by atoms with Gasteiger partial charge in [-0.2, -0.15) is 0 Å². The van der Waals surface area contributed by atoms with E-state index in [2.05, 4.69) is 5.32 Å². The van der Waals surface area contributed by atoms with E-state index in [9.17, 15) is 4.79 Å². The van der Waals surface area contributed by atoms with Crippen LogP contribution in [0.15, 0.2) is 24.3 Å². The van der Waals surface area contributed by atoms with Crippen LogP contribution >= 0.6 is 0 Å². The molecule has 1 fully saturated rings. The van der Waals surface area contributed by atoms with Gasteiger partial charge in [0.1, 0.15) is 0 Å². The zero-order valence-corrected chi connectivity index (χ0v) is 10.2. The second kappa shape index (κ2) is 5.71. The minimum atomic E-state index is -0.246. The lowest BCUT2D eigenvalue weighted by Crippen LogP contribution is -2.22. The van der Waals surface area contributed by atoms with E-state index in [1.807, 2.05) is 25.1 Å². The number of nitrogens with one attached hydrogen (secondary N) is 1. The van der Waals surface area contributed by atoms with Crippen molar-refractivity contribution in [3.8, 4) is 0 Å². The Balaban J connectivity index is 2.01. The van der Waals surface area contributed by atoms with Crippen LogP contribution in [0.25, 0.3) is 0 Å². The SMILES string of the molecule is CCOC(=O)c1ccccc1NCC1CCC1. The number of hydrogen-bond acceptors (Lipinski definition) is 3. The third-order valence-electron chi connectivity index (χ3n) is 3.23. The van der Waals surface area contributed by atoms with E-state index in [-0.39, 0.29) is 5.97 Å². The molecule has 0 radical (unpaired) electrons. The standard InChI is InChI=1S/C14H19NO2/c1-2-17-14(16)12-8-3-4-9-13(12)15-10-11-6-5-7-11/h3-4,8-9,11,15H,2,5-7,10H2,1H3. The highest BCUT2D eigenvalue weighted by Gasteiger charge is 2.18. The third-order valence-corrected chi connectivity index (χ3v) is 3.23. The monoisotopic (exact) mass is 233 g/mol. The van der Waals surface area contributed by atoms with Gasteiger partial charge in [0.15, 0.2) is 0 Å². The molecule has 1 aliphatic rings. The van der Waals surface area contributed by atoms with Gasteiger partial charge in [-0.1, -0.05) is 18.6 Å². The first-order valence-corrected chi connectivity index (χ1v) is 6.31. The van der Waals surface area contributed by atoms with E-state index in [0.29, 0.717) is 12.2 Å². The average molecular weight is 233 g/mol. The first-order chi connectivity index (χ1) is 8.31. The fraction of sp³-hybridized carbons (Fsp3) is 0.500. The number of ether oxygens (including phenoxy) is 1. The summed E-state index contributed by atoms with van der Waals surface area (Å²) in [5, 5.41) is 3.35. The van der Waals surface area contributed by atoms with Crippen LogP contribution in [0, 0.1) is 5.92 Å². The summed E-state index contributed by atoms with van der Waals surface area (Å²) < 4.78 is 5.04. The van der Waals surface area contributed by atoms with Gasteiger partial charge in [0.2, 0.25) is 0 Å². The van der Waals surface area contributed by atoms with E-state index in [1.54, 1.807) is 6.07 Å². The topological polar surface area (TPSA) is 38.3 Å². The highest BCUT2D eigenvalue weighted by Crippen LogP contribution is 2.27. The van der Waals surface area contributed by atoms with Crippen molar-refractivity contribution in [3.63, 3.8) is 0 Å². The Bertz CT molecular complexity index is 386. The second-order valence-electron chi connectivity index (χ2n) is 4.44. The lowest BCUT2D eigenvalue weighted by molar-refractivity contribution is 0.0527. The van der Waals surface area contributed by atoms with Crippen LogP contribution in [-0.2, 0) is 4.74 Å². The molecule has 0 aromatic heterocycles. The summed E-state index contributed by atoms with van der Waals surface area (Å²) in [6, 6.07) is 7.54. The Morgan fingerprint density at radius 1 is 1.41 bits per heavy atom. The molecule has 92 valence electrons. The average Bonchev–Trinajstić information content (AvgIpc) is 2.28. The molecular weight excluding hydrogens is 214 g/mol. The van der Waals surface area contributed by atoms with Gasteiger partial charge in [0.25, 0.3) is 0 Å². The first kappa shape index (κ1) is 12.0. The van der Waals surface area contributed by atoms with Crippen molar-refractivity contribution < 1.29 is 9.53 Å². The van der Waals surface area contributed by atoms with Gasteiger partial charge in [-0.05, 0) is 37.8 Å². The Hall–Kier alpha value is -1.51. The highest BCUT2D eigenvalue weighted by atomic mass is 16.5. The maximum atomic E-state index is 11.7. The number of para-hydroxylation sites is 1. The zero-order valence-electron chi connectivity index (χ0n) is 10.2. The van der Waals surface area contributed by atoms with Crippen molar-refractivity contribution in [1.82, 2.24) is 0 Å². The molecule has 1 saturated carbocycles. The maximum Gasteiger partial charge on any atom is 0.340 e. The molecule has 3 nitrogen and oxygen atoms in total. The van der Waals surface area contributed by atoms with Crippen molar-refractivity contribution in [2.75, 3.05) is 18.5 Å². The van der Waals surface area contributed by atoms with Gasteiger partial charge in [0.05, 0.1) is 12.2 Å². The van der Waals surface area contributed by atoms with E-state index in [1.165, 1.54) is 19.3 Å². The molecule has 0 unspecified atom stereocenters. The first-order valence-electron chi connectivity index (χ1n) is 6.31. The minimum Gasteiger partial charge on any atom is -0.462 e. The van der Waals surface area contributed by atoms with Crippen LogP contribution in [0.4, 0.5) is 5.69 Å². The summed E-state index contributed by atoms with van der Waals surface area (Å²) in [5.74, 6) is 0.523. The quantitative estimate of drug-likeness (QED) is 0.794. The number of hydrogen-bond donors (Lipinski definition) is 1. The predicted octanol–water partition coefficient (Wildman–Crippen LogP) is 3.08. The molecule has 1 aliphatic carbocycles. The molecule has 0 amide bonds. The van der Waals surface area contributed by atoms with Gasteiger partial charge in [-0.25, -0.2) is 4.79 Å². The van der Waals surface area contributed by atoms with Gasteiger partial charge in [-0.15, -0.1) is 0 Å². The molecule has 17 heavy (non-hydrogen) atoms. The molecule has 0 atom stereocenters. The summed E-state index contributed by atoms with van der Waals surface area (Å²) in [6.45, 7) is 3.19. The van der Waals surface area contributed by atoms with Crippen LogP contribution in [0.3, 0.4) is 0 Å². The lowest BCUT2D eigenvalue weighted by Gasteiger charge is -2.26. The van der Waals surface area contributed by atoms with Crippen LogP contribution in [-0.4, -0.2) is 19.1 Å². The van der Waals surface area contributed by atoms with Gasteiger partial charge >= 0.3 is 5.97 Å². The summed E-state index contributed by atoms with van der Waals surface area (Å²) >= 11 is 0. The summed E-state index contributed by atoms with van der Waals surface area (Å²) in [7, 11) is 0. The zero-order chi connectivity index (χ0) is 12.1. The van der Waals surface area contributed by atoms with Crippen LogP contribution in [0.1, 0.15) is 36.5 Å². The third kappa shape index (κ3) is 2.99. The van der Waals surface area contributed by atoms with Crippen LogP contribution in [0.2, 0.25) is 0 Å². The molecule has 1 aromatic carbocycles. The van der Waals surface area contributed by atoms with Crippen molar-refractivity contribution in [2.24, 2.45) is 5.92 Å². The molecule has 3 heteroatoms. The molecule has 0 aliphatic heterocycles. The van der Waals surface area contributed by atoms with Gasteiger partial charge < -0.3 is 10.1 Å². The number of carbonyl (C=O) groups is 1. The fourth-order valence-corrected chi connectivity index (χ4v) is 1.98. The summed E-state index contributed by atoms with van der Waals surface area (Å²) in [4.78, 5) is 11.7. The van der Waals surface area contributed by atoms with E-state index >= 15 is 0 Å². The molecular formula is C14H19NO2. The summed E-state index contributed by atoms with van der Waals surface area (Å²) in [6.07, 6.45) is 3.94. The maximum absolute atomic E-state index is 11.7. The predicted molar refractivity (Wildman–Crippen MR) is 68.2 cm³/mol. The van der Waals surface area contributed by atoms with E-state index < -0.39 is 0 Å². The summed E-state index contributed by atoms with van der Waals surface area (Å²) in [5.41, 5.74) is 1.52. The van der Waals surface area contributed by atoms with Crippen molar-refractivity contribution in [1.29, 1.82) is 0 Å². The Morgan fingerprint density at radius 3 is 2.82 bits per heavy atom. The van der Waals surface area contributed by atoms with Gasteiger partial charge in [0, 0.05) is 12.2 Å². The van der Waals surface area contributed by atoms with E-state index in [4.69, 9.17) is 4.74 Å². The molecule has 1 aromatic rings. The van der Waals surface area contributed by atoms with Crippen molar-refractivity contribution in [3.05, 3.63) is 29.8 Å². The van der Waals surface area contributed by atoms with Gasteiger partial charge in [-0.3, -0.25) is 0 Å². The van der Waals surface area contributed by atoms with E-state index in [0.717, 1.165) is 18.2 Å². The number of benzene rings is 1. The number of rotatable bonds is 5. The second-order valence-corrected chi connectivity index (χ2v) is 4.44. The largest absolute Gasteiger partial charge is 0.462 e. The van der Waals surface area contributed by atoms with Crippen molar-refractivity contribution in [2.45, 2.75) is 26.2 Å². The molecule has 0 bridgehead atoms. The lowest BCUT2D eigenvalue weighted by atomic mass is 9.85. The Kier molecular flexibility index (Phi) is 4.02. The highest BCUT2D eigenvalue weighted by molar-refractivity contribution is 5.95. The van der Waals surface area contributed by atoms with Crippen LogP contribution < -0.4 is 5.32 Å². The molecule has 1 N–H and O–H groups in total. The van der Waals surface area contributed by atoms with Crippen LogP contribution in [0.5, 0.6) is 0 Å². The molecule has 0 spiro atoms. The smallest absolute Gasteiger partial charge is 0.340 e. The molecule has 0 saturated heterocycles. The normalized spacial score (nSPS) is 15.1. The minimum absolute atomic E-state index is 0.246. The van der Waals surface area contributed by atoms with Crippen molar-refractivity contribution >= 4 is 11.7 Å². The molecule has 2 rings (SSSR count). The fourth-order valence-electron chi connectivity index (χ4n) is 1.98. The number of carbonyl (C=O) groups excluding carboxylic acids is 1. The number of anilines is 1. The Morgan fingerprint density at radius 2 is 2.18 bits per heavy atom. The molecule has 0 heterocycles.